The number of carbonyl (C=O) groups is 1. The molecule has 3 nitrogen and oxygen atoms in total. The van der Waals surface area contributed by atoms with E-state index in [0.29, 0.717) is 0 Å². The molecular formula is C16H12F5NO2. The first-order valence-corrected chi connectivity index (χ1v) is 6.76. The Bertz CT molecular complexity index is 745. The van der Waals surface area contributed by atoms with Gasteiger partial charge in [-0.2, -0.15) is 13.2 Å². The van der Waals surface area contributed by atoms with Gasteiger partial charge < -0.3 is 10.1 Å². The largest absolute Gasteiger partial charge is 0.481 e. The summed E-state index contributed by atoms with van der Waals surface area (Å²) in [6.45, 7) is 1.32. The number of benzene rings is 2. The molecule has 1 atom stereocenters. The van der Waals surface area contributed by atoms with E-state index in [9.17, 15) is 26.7 Å². The molecule has 0 fully saturated rings. The molecule has 0 aliphatic heterocycles. The number of amides is 1. The van der Waals surface area contributed by atoms with Gasteiger partial charge in [-0.15, -0.1) is 0 Å². The molecule has 2 aromatic rings. The number of carbonyl (C=O) groups excluding carboxylic acids is 1. The Morgan fingerprint density at radius 2 is 1.79 bits per heavy atom. The number of nitrogens with one attached hydrogen (secondary N) is 1. The second kappa shape index (κ2) is 6.86. The molecule has 0 saturated carbocycles. The van der Waals surface area contributed by atoms with Crippen molar-refractivity contribution in [3.8, 4) is 5.75 Å². The van der Waals surface area contributed by atoms with E-state index < -0.39 is 35.4 Å². The first-order chi connectivity index (χ1) is 11.2. The number of anilines is 1. The summed E-state index contributed by atoms with van der Waals surface area (Å²) in [4.78, 5) is 11.9. The second-order valence-corrected chi connectivity index (χ2v) is 4.90. The monoisotopic (exact) mass is 345 g/mol. The van der Waals surface area contributed by atoms with E-state index in [1.807, 2.05) is 0 Å². The van der Waals surface area contributed by atoms with Gasteiger partial charge in [-0.1, -0.05) is 6.07 Å². The summed E-state index contributed by atoms with van der Waals surface area (Å²) >= 11 is 0. The van der Waals surface area contributed by atoms with Crippen LogP contribution < -0.4 is 10.1 Å². The smallest absolute Gasteiger partial charge is 0.416 e. The number of hydrogen-bond acceptors (Lipinski definition) is 2. The van der Waals surface area contributed by atoms with Crippen LogP contribution in [0.3, 0.4) is 0 Å². The summed E-state index contributed by atoms with van der Waals surface area (Å²) in [6.07, 6.45) is -5.67. The number of alkyl halides is 3. The molecular weight excluding hydrogens is 333 g/mol. The molecule has 24 heavy (non-hydrogen) atoms. The predicted molar refractivity (Wildman–Crippen MR) is 76.5 cm³/mol. The van der Waals surface area contributed by atoms with Gasteiger partial charge in [0, 0.05) is 11.8 Å². The number of hydrogen-bond donors (Lipinski definition) is 1. The van der Waals surface area contributed by atoms with Crippen LogP contribution in [-0.4, -0.2) is 12.0 Å². The van der Waals surface area contributed by atoms with Gasteiger partial charge in [0.25, 0.3) is 5.91 Å². The van der Waals surface area contributed by atoms with Crippen molar-refractivity contribution in [3.63, 3.8) is 0 Å². The minimum atomic E-state index is -4.53. The minimum absolute atomic E-state index is 0.0597. The maximum atomic E-state index is 13.1. The quantitative estimate of drug-likeness (QED) is 0.835. The lowest BCUT2D eigenvalue weighted by molar-refractivity contribution is -0.137. The average molecular weight is 345 g/mol. The molecule has 2 rings (SSSR count). The first kappa shape index (κ1) is 17.7. The molecule has 0 spiro atoms. The number of rotatable bonds is 4. The molecule has 0 bridgehead atoms. The highest BCUT2D eigenvalue weighted by atomic mass is 19.4. The zero-order chi connectivity index (χ0) is 17.9. The third-order valence-electron chi connectivity index (χ3n) is 3.03. The molecule has 1 N–H and O–H groups in total. The van der Waals surface area contributed by atoms with E-state index in [2.05, 4.69) is 5.32 Å². The van der Waals surface area contributed by atoms with E-state index in [-0.39, 0.29) is 11.4 Å². The maximum absolute atomic E-state index is 13.1. The fourth-order valence-electron chi connectivity index (χ4n) is 1.82. The molecule has 2 aromatic carbocycles. The Labute approximate surface area is 134 Å². The fraction of sp³-hybridized carbons (Fsp3) is 0.188. The van der Waals surface area contributed by atoms with Crippen LogP contribution >= 0.6 is 0 Å². The summed E-state index contributed by atoms with van der Waals surface area (Å²) in [7, 11) is 0. The Balaban J connectivity index is 2.05. The van der Waals surface area contributed by atoms with Crippen molar-refractivity contribution >= 4 is 11.6 Å². The summed E-state index contributed by atoms with van der Waals surface area (Å²) in [6, 6.07) is 6.83. The first-order valence-electron chi connectivity index (χ1n) is 6.76. The second-order valence-electron chi connectivity index (χ2n) is 4.90. The molecule has 128 valence electrons. The van der Waals surface area contributed by atoms with Gasteiger partial charge in [0.1, 0.15) is 5.75 Å². The van der Waals surface area contributed by atoms with Gasteiger partial charge in [-0.25, -0.2) is 8.78 Å². The zero-order valence-corrected chi connectivity index (χ0v) is 12.3. The van der Waals surface area contributed by atoms with Crippen LogP contribution in [0.1, 0.15) is 12.5 Å². The number of ether oxygens (including phenoxy) is 1. The third-order valence-corrected chi connectivity index (χ3v) is 3.03. The highest BCUT2D eigenvalue weighted by molar-refractivity contribution is 5.94. The van der Waals surface area contributed by atoms with E-state index in [0.717, 1.165) is 36.4 Å². The van der Waals surface area contributed by atoms with Gasteiger partial charge in [0.2, 0.25) is 0 Å². The Kier molecular flexibility index (Phi) is 5.06. The van der Waals surface area contributed by atoms with Crippen molar-refractivity contribution < 1.29 is 31.5 Å². The summed E-state index contributed by atoms with van der Waals surface area (Å²) in [5, 5.41) is 2.27. The van der Waals surface area contributed by atoms with Crippen LogP contribution in [0.2, 0.25) is 0 Å². The van der Waals surface area contributed by atoms with Crippen LogP contribution in [0, 0.1) is 11.6 Å². The lowest BCUT2D eigenvalue weighted by Gasteiger charge is -2.15. The van der Waals surface area contributed by atoms with Gasteiger partial charge in [-0.05, 0) is 37.3 Å². The molecule has 0 saturated heterocycles. The van der Waals surface area contributed by atoms with Crippen molar-refractivity contribution in [2.75, 3.05) is 5.32 Å². The van der Waals surface area contributed by atoms with Gasteiger partial charge in [-0.3, -0.25) is 4.79 Å². The van der Waals surface area contributed by atoms with E-state index in [1.165, 1.54) is 13.0 Å². The van der Waals surface area contributed by atoms with Crippen LogP contribution in [0.4, 0.5) is 27.6 Å². The molecule has 0 aliphatic carbocycles. The Hall–Kier alpha value is -2.64. The lowest BCUT2D eigenvalue weighted by atomic mass is 10.2. The standard InChI is InChI=1S/C16H12F5NO2/c1-9(24-12-5-6-13(17)14(18)8-12)15(23)22-11-4-2-3-10(7-11)16(19,20)21/h2-9H,1H3,(H,22,23). The van der Waals surface area contributed by atoms with E-state index in [4.69, 9.17) is 4.74 Å². The van der Waals surface area contributed by atoms with Gasteiger partial charge in [0.05, 0.1) is 5.56 Å². The summed E-state index contributed by atoms with van der Waals surface area (Å²) in [5.74, 6) is -3.03. The van der Waals surface area contributed by atoms with Crippen LogP contribution in [0.25, 0.3) is 0 Å². The number of halogens is 5. The molecule has 0 aliphatic rings. The molecule has 1 unspecified atom stereocenters. The van der Waals surface area contributed by atoms with Gasteiger partial charge in [0.15, 0.2) is 17.7 Å². The summed E-state index contributed by atoms with van der Waals surface area (Å²) < 4.78 is 68.9. The zero-order valence-electron chi connectivity index (χ0n) is 12.3. The SMILES string of the molecule is CC(Oc1ccc(F)c(F)c1)C(=O)Nc1cccc(C(F)(F)F)c1. The van der Waals surface area contributed by atoms with Crippen LogP contribution in [-0.2, 0) is 11.0 Å². The fourth-order valence-corrected chi connectivity index (χ4v) is 1.82. The van der Waals surface area contributed by atoms with Crippen LogP contribution in [0.15, 0.2) is 42.5 Å². The van der Waals surface area contributed by atoms with E-state index in [1.54, 1.807) is 0 Å². The molecule has 1 amide bonds. The highest BCUT2D eigenvalue weighted by Gasteiger charge is 2.30. The Morgan fingerprint density at radius 1 is 1.08 bits per heavy atom. The molecule has 8 heteroatoms. The van der Waals surface area contributed by atoms with Gasteiger partial charge >= 0.3 is 6.18 Å². The maximum Gasteiger partial charge on any atom is 0.416 e. The van der Waals surface area contributed by atoms with Crippen molar-refractivity contribution in [1.82, 2.24) is 0 Å². The lowest BCUT2D eigenvalue weighted by Crippen LogP contribution is -2.30. The van der Waals surface area contributed by atoms with Crippen molar-refractivity contribution in [3.05, 3.63) is 59.7 Å². The third kappa shape index (κ3) is 4.43. The molecule has 0 aromatic heterocycles. The predicted octanol–water partition coefficient (Wildman–Crippen LogP) is 4.39. The van der Waals surface area contributed by atoms with Crippen molar-refractivity contribution in [2.24, 2.45) is 0 Å². The average Bonchev–Trinajstić information content (AvgIpc) is 2.50. The van der Waals surface area contributed by atoms with Crippen molar-refractivity contribution in [1.29, 1.82) is 0 Å². The topological polar surface area (TPSA) is 38.3 Å². The van der Waals surface area contributed by atoms with Crippen molar-refractivity contribution in [2.45, 2.75) is 19.2 Å². The van der Waals surface area contributed by atoms with E-state index >= 15 is 0 Å². The highest BCUT2D eigenvalue weighted by Crippen LogP contribution is 2.30. The normalized spacial score (nSPS) is 12.6. The Morgan fingerprint density at radius 3 is 2.42 bits per heavy atom. The minimum Gasteiger partial charge on any atom is -0.481 e. The van der Waals surface area contributed by atoms with Crippen LogP contribution in [0.5, 0.6) is 5.75 Å². The summed E-state index contributed by atoms with van der Waals surface area (Å²) in [5.41, 5.74) is -0.968. The molecule has 0 radical (unpaired) electrons. The molecule has 0 heterocycles.